The Labute approximate surface area is 226 Å². The highest BCUT2D eigenvalue weighted by atomic mass is 19.4. The molecule has 6 rings (SSSR count). The molecule has 0 bridgehead atoms. The third-order valence-corrected chi connectivity index (χ3v) is 9.02. The second-order valence-corrected chi connectivity index (χ2v) is 11.8. The van der Waals surface area contributed by atoms with E-state index < -0.39 is 17.6 Å². The van der Waals surface area contributed by atoms with Crippen LogP contribution in [0.3, 0.4) is 0 Å². The quantitative estimate of drug-likeness (QED) is 0.364. The number of nitrogens with zero attached hydrogens (tertiary/aromatic N) is 4. The number of fused-ring (bicyclic) bond motifs is 1. The fourth-order valence-corrected chi connectivity index (χ4v) is 6.20. The molecule has 1 atom stereocenters. The molecule has 3 aliphatic rings. The summed E-state index contributed by atoms with van der Waals surface area (Å²) in [5, 5.41) is 11.8. The molecule has 0 spiro atoms. The van der Waals surface area contributed by atoms with Gasteiger partial charge in [0, 0.05) is 36.3 Å². The van der Waals surface area contributed by atoms with E-state index in [4.69, 9.17) is 0 Å². The molecule has 1 aliphatic heterocycles. The fourth-order valence-electron chi connectivity index (χ4n) is 6.20. The third-order valence-electron chi connectivity index (χ3n) is 9.02. The molecule has 2 aliphatic carbocycles. The minimum absolute atomic E-state index is 0.000821. The molecule has 1 amide bonds. The lowest BCUT2D eigenvalue weighted by Crippen LogP contribution is -2.47. The van der Waals surface area contributed by atoms with Gasteiger partial charge in [-0.25, -0.2) is 0 Å². The van der Waals surface area contributed by atoms with Crippen LogP contribution in [-0.2, 0) is 26.3 Å². The van der Waals surface area contributed by atoms with Gasteiger partial charge in [-0.05, 0) is 79.5 Å². The first kappa shape index (κ1) is 26.0. The van der Waals surface area contributed by atoms with Crippen molar-refractivity contribution < 1.29 is 18.0 Å². The zero-order chi connectivity index (χ0) is 27.4. The fraction of sp³-hybridized carbons (Fsp3) is 0.500. The standard InChI is InChI=1S/C30H34F3N5O/c1-29(10-5-11-29)34-16-20-13-24-25(26(14-20)30(31,32)33)17-38(28(24)39)22-9-4-8-21(15-22)23(12-19-6-3-7-19)27-36-35-18-37(27)2/h4,8-9,13-15,18-19,23,34H,3,5-7,10-12,16-17H2,1-2H3. The van der Waals surface area contributed by atoms with Gasteiger partial charge in [-0.2, -0.15) is 13.2 Å². The van der Waals surface area contributed by atoms with E-state index >= 15 is 0 Å². The van der Waals surface area contributed by atoms with Crippen molar-refractivity contribution in [2.24, 2.45) is 13.0 Å². The summed E-state index contributed by atoms with van der Waals surface area (Å²) in [6.45, 7) is 2.29. The predicted molar refractivity (Wildman–Crippen MR) is 142 cm³/mol. The number of benzene rings is 2. The predicted octanol–water partition coefficient (Wildman–Crippen LogP) is 6.35. The maximum Gasteiger partial charge on any atom is 0.416 e. The van der Waals surface area contributed by atoms with Gasteiger partial charge in [0.25, 0.3) is 5.91 Å². The summed E-state index contributed by atoms with van der Waals surface area (Å²) in [5.41, 5.74) is 1.51. The summed E-state index contributed by atoms with van der Waals surface area (Å²) >= 11 is 0. The van der Waals surface area contributed by atoms with E-state index in [2.05, 4.69) is 22.4 Å². The van der Waals surface area contributed by atoms with Crippen LogP contribution in [0.25, 0.3) is 0 Å². The van der Waals surface area contributed by atoms with E-state index in [1.54, 1.807) is 18.5 Å². The molecule has 6 nitrogen and oxygen atoms in total. The highest BCUT2D eigenvalue weighted by molar-refractivity contribution is 6.10. The smallest absolute Gasteiger partial charge is 0.320 e. The van der Waals surface area contributed by atoms with Gasteiger partial charge < -0.3 is 14.8 Å². The number of carbonyl (C=O) groups is 1. The Morgan fingerprint density at radius 3 is 2.56 bits per heavy atom. The van der Waals surface area contributed by atoms with Crippen molar-refractivity contribution >= 4 is 11.6 Å². The summed E-state index contributed by atoms with van der Waals surface area (Å²) in [4.78, 5) is 15.1. The van der Waals surface area contributed by atoms with Crippen molar-refractivity contribution in [2.45, 2.75) is 82.6 Å². The molecule has 3 aromatic rings. The van der Waals surface area contributed by atoms with Crippen molar-refractivity contribution in [2.75, 3.05) is 4.90 Å². The van der Waals surface area contributed by atoms with Gasteiger partial charge in [-0.3, -0.25) is 4.79 Å². The second kappa shape index (κ2) is 9.77. The molecule has 39 heavy (non-hydrogen) atoms. The van der Waals surface area contributed by atoms with E-state index in [-0.39, 0.29) is 29.1 Å². The Balaban J connectivity index is 1.31. The van der Waals surface area contributed by atoms with Gasteiger partial charge in [0.1, 0.15) is 12.2 Å². The molecule has 9 heteroatoms. The maximum atomic E-state index is 14.2. The SMILES string of the molecule is Cn1cnnc1C(CC1CCC1)c1cccc(N2Cc3c(cc(CNC4(C)CCC4)cc3C(F)(F)F)C2=O)c1. The van der Waals surface area contributed by atoms with Crippen LogP contribution in [0.2, 0.25) is 0 Å². The largest absolute Gasteiger partial charge is 0.416 e. The van der Waals surface area contributed by atoms with Gasteiger partial charge in [-0.15, -0.1) is 10.2 Å². The molecular weight excluding hydrogens is 503 g/mol. The van der Waals surface area contributed by atoms with Crippen LogP contribution in [-0.4, -0.2) is 26.2 Å². The van der Waals surface area contributed by atoms with Crippen molar-refractivity contribution in [3.05, 3.63) is 76.4 Å². The number of rotatable bonds is 8. The lowest BCUT2D eigenvalue weighted by Gasteiger charge is -2.39. The minimum Gasteiger partial charge on any atom is -0.320 e. The number of aromatic nitrogens is 3. The summed E-state index contributed by atoms with van der Waals surface area (Å²) in [5.74, 6) is 1.07. The highest BCUT2D eigenvalue weighted by Gasteiger charge is 2.41. The molecule has 2 aromatic carbocycles. The minimum atomic E-state index is -4.54. The Bertz CT molecular complexity index is 1390. The Hall–Kier alpha value is -3.20. The van der Waals surface area contributed by atoms with Crippen LogP contribution >= 0.6 is 0 Å². The summed E-state index contributed by atoms with van der Waals surface area (Å²) in [6.07, 6.45) is 4.79. The molecule has 2 heterocycles. The van der Waals surface area contributed by atoms with Crippen molar-refractivity contribution in [1.82, 2.24) is 20.1 Å². The molecule has 0 radical (unpaired) electrons. The molecule has 0 saturated heterocycles. The number of aryl methyl sites for hydroxylation is 1. The lowest BCUT2D eigenvalue weighted by atomic mass is 9.77. The second-order valence-electron chi connectivity index (χ2n) is 11.8. The summed E-state index contributed by atoms with van der Waals surface area (Å²) < 4.78 is 44.5. The number of carbonyl (C=O) groups excluding carboxylic acids is 1. The topological polar surface area (TPSA) is 63.1 Å². The highest BCUT2D eigenvalue weighted by Crippen LogP contribution is 2.42. The molecule has 2 fully saturated rings. The number of nitrogens with one attached hydrogen (secondary N) is 1. The summed E-state index contributed by atoms with van der Waals surface area (Å²) in [7, 11) is 1.92. The zero-order valence-corrected chi connectivity index (χ0v) is 22.4. The molecule has 1 N–H and O–H groups in total. The maximum absolute atomic E-state index is 14.2. The van der Waals surface area contributed by atoms with Gasteiger partial charge in [0.15, 0.2) is 0 Å². The third kappa shape index (κ3) is 4.97. The zero-order valence-electron chi connectivity index (χ0n) is 22.4. The summed E-state index contributed by atoms with van der Waals surface area (Å²) in [6, 6.07) is 10.5. The average Bonchev–Trinajstić information content (AvgIpc) is 3.43. The van der Waals surface area contributed by atoms with Crippen LogP contribution in [0, 0.1) is 5.92 Å². The van der Waals surface area contributed by atoms with Crippen molar-refractivity contribution in [1.29, 1.82) is 0 Å². The number of anilines is 1. The van der Waals surface area contributed by atoms with Crippen molar-refractivity contribution in [3.8, 4) is 0 Å². The van der Waals surface area contributed by atoms with Crippen LogP contribution < -0.4 is 10.2 Å². The van der Waals surface area contributed by atoms with Crippen LogP contribution in [0.4, 0.5) is 18.9 Å². The molecule has 1 unspecified atom stereocenters. The number of hydrogen-bond donors (Lipinski definition) is 1. The number of halogens is 3. The lowest BCUT2D eigenvalue weighted by molar-refractivity contribution is -0.138. The van der Waals surface area contributed by atoms with E-state index in [0.717, 1.165) is 37.1 Å². The Kier molecular flexibility index (Phi) is 6.52. The van der Waals surface area contributed by atoms with Crippen LogP contribution in [0.1, 0.15) is 96.2 Å². The molecule has 2 saturated carbocycles. The van der Waals surface area contributed by atoms with Gasteiger partial charge in [-0.1, -0.05) is 31.4 Å². The van der Waals surface area contributed by atoms with Crippen molar-refractivity contribution in [3.63, 3.8) is 0 Å². The first-order valence-corrected chi connectivity index (χ1v) is 13.8. The Morgan fingerprint density at radius 2 is 1.95 bits per heavy atom. The first-order chi connectivity index (χ1) is 18.6. The van der Waals surface area contributed by atoms with E-state index in [9.17, 15) is 18.0 Å². The van der Waals surface area contributed by atoms with E-state index in [1.807, 2.05) is 29.8 Å². The average molecular weight is 538 g/mol. The van der Waals surface area contributed by atoms with E-state index in [1.165, 1.54) is 30.2 Å². The number of alkyl halides is 3. The van der Waals surface area contributed by atoms with Crippen LogP contribution in [0.5, 0.6) is 0 Å². The van der Waals surface area contributed by atoms with Gasteiger partial charge in [0.05, 0.1) is 12.1 Å². The van der Waals surface area contributed by atoms with Gasteiger partial charge in [0.2, 0.25) is 0 Å². The first-order valence-electron chi connectivity index (χ1n) is 13.8. The molecule has 1 aromatic heterocycles. The normalized spacial score (nSPS) is 19.5. The number of amides is 1. The van der Waals surface area contributed by atoms with Gasteiger partial charge >= 0.3 is 6.18 Å². The molecule has 206 valence electrons. The van der Waals surface area contributed by atoms with E-state index in [0.29, 0.717) is 23.7 Å². The molecular formula is C30H34F3N5O. The number of hydrogen-bond acceptors (Lipinski definition) is 4. The van der Waals surface area contributed by atoms with Crippen LogP contribution in [0.15, 0.2) is 42.7 Å². The monoisotopic (exact) mass is 537 g/mol. The Morgan fingerprint density at radius 1 is 1.15 bits per heavy atom.